The summed E-state index contributed by atoms with van der Waals surface area (Å²) in [4.78, 5) is 25.4. The lowest BCUT2D eigenvalue weighted by Crippen LogP contribution is -2.32. The zero-order valence-electron chi connectivity index (χ0n) is 16.4. The van der Waals surface area contributed by atoms with Gasteiger partial charge in [-0.15, -0.1) is 0 Å². The third-order valence-electron chi connectivity index (χ3n) is 4.66. The van der Waals surface area contributed by atoms with Crippen LogP contribution in [0.15, 0.2) is 46.7 Å². The van der Waals surface area contributed by atoms with Gasteiger partial charge in [-0.3, -0.25) is 4.79 Å². The molecule has 1 atom stereocenters. The van der Waals surface area contributed by atoms with E-state index in [-0.39, 0.29) is 17.9 Å². The minimum Gasteiger partial charge on any atom is -0.434 e. The number of carbonyl (C=O) groups excluding carboxylic acids is 1. The lowest BCUT2D eigenvalue weighted by atomic mass is 9.86. The number of ether oxygens (including phenoxy) is 2. The monoisotopic (exact) mass is 436 g/mol. The van der Waals surface area contributed by atoms with Gasteiger partial charge in [-0.05, 0) is 38.0 Å². The Kier molecular flexibility index (Phi) is 6.55. The van der Waals surface area contributed by atoms with Crippen LogP contribution < -0.4 is 10.9 Å². The van der Waals surface area contributed by atoms with Crippen LogP contribution in [-0.2, 0) is 16.0 Å². The first-order valence-electron chi connectivity index (χ1n) is 9.38. The second-order valence-electron chi connectivity index (χ2n) is 6.62. The summed E-state index contributed by atoms with van der Waals surface area (Å²) < 4.78 is 12.1. The fourth-order valence-electron chi connectivity index (χ4n) is 3.42. The van der Waals surface area contributed by atoms with Crippen LogP contribution >= 0.6 is 23.2 Å². The Morgan fingerprint density at radius 3 is 2.69 bits per heavy atom. The summed E-state index contributed by atoms with van der Waals surface area (Å²) in [5, 5.41) is 3.81. The molecule has 1 aliphatic heterocycles. The van der Waals surface area contributed by atoms with E-state index in [4.69, 9.17) is 32.7 Å². The number of carbonyl (C=O) groups is 1. The maximum Gasteiger partial charge on any atom is 0.513 e. The number of nitrogens with zero attached hydrogens (tertiary/aromatic N) is 1. The molecule has 1 aromatic heterocycles. The second-order valence-corrected chi connectivity index (χ2v) is 7.40. The van der Waals surface area contributed by atoms with Gasteiger partial charge >= 0.3 is 6.16 Å². The molecule has 0 spiro atoms. The number of anilines is 1. The molecule has 2 aromatic rings. The van der Waals surface area contributed by atoms with E-state index in [0.29, 0.717) is 39.1 Å². The molecule has 3 rings (SSSR count). The summed E-state index contributed by atoms with van der Waals surface area (Å²) in [6.45, 7) is 6.18. The third kappa shape index (κ3) is 4.14. The number of nitrogens with one attached hydrogen (secondary N) is 1. The molecule has 1 aliphatic rings. The SMILES string of the molecule is CCCn1ccc2c(c1=O)C(c1cccc(Cl)c1Cl)C(OC(=O)OCC)=C(C)N2. The first-order valence-corrected chi connectivity index (χ1v) is 10.1. The van der Waals surface area contributed by atoms with Gasteiger partial charge < -0.3 is 19.4 Å². The lowest BCUT2D eigenvalue weighted by Gasteiger charge is -2.30. The van der Waals surface area contributed by atoms with E-state index in [1.807, 2.05) is 13.0 Å². The third-order valence-corrected chi connectivity index (χ3v) is 5.49. The van der Waals surface area contributed by atoms with Crippen molar-refractivity contribution >= 4 is 35.0 Å². The van der Waals surface area contributed by atoms with E-state index in [1.165, 1.54) is 0 Å². The van der Waals surface area contributed by atoms with Crippen molar-refractivity contribution in [1.82, 2.24) is 4.57 Å². The standard InChI is InChI=1S/C21H22Cl2N2O4/c1-4-10-25-11-9-15-17(20(25)26)16(13-7-6-8-14(22)18(13)23)19(12(3)24-15)29-21(27)28-5-2/h6-9,11,16,24H,4-5,10H2,1-3H3. The second kappa shape index (κ2) is 8.93. The van der Waals surface area contributed by atoms with E-state index in [0.717, 1.165) is 6.42 Å². The van der Waals surface area contributed by atoms with Crippen LogP contribution in [0.1, 0.15) is 44.2 Å². The van der Waals surface area contributed by atoms with Crippen LogP contribution in [0.2, 0.25) is 10.0 Å². The molecule has 1 N–H and O–H groups in total. The van der Waals surface area contributed by atoms with Crippen molar-refractivity contribution < 1.29 is 14.3 Å². The molecule has 0 saturated heterocycles. The molecule has 0 saturated carbocycles. The number of aromatic nitrogens is 1. The van der Waals surface area contributed by atoms with E-state index in [9.17, 15) is 9.59 Å². The quantitative estimate of drug-likeness (QED) is 0.624. The first-order chi connectivity index (χ1) is 13.9. The molecule has 6 nitrogen and oxygen atoms in total. The van der Waals surface area contributed by atoms with E-state index >= 15 is 0 Å². The van der Waals surface area contributed by atoms with Gasteiger partial charge in [0.05, 0.1) is 33.8 Å². The number of rotatable bonds is 5. The van der Waals surface area contributed by atoms with Gasteiger partial charge in [0.1, 0.15) is 5.76 Å². The molecule has 1 unspecified atom stereocenters. The van der Waals surface area contributed by atoms with Crippen LogP contribution in [0.25, 0.3) is 0 Å². The molecule has 0 bridgehead atoms. The average Bonchev–Trinajstić information content (AvgIpc) is 2.68. The van der Waals surface area contributed by atoms with Gasteiger partial charge in [0.25, 0.3) is 5.56 Å². The Labute approximate surface area is 179 Å². The zero-order chi connectivity index (χ0) is 21.1. The molecule has 29 heavy (non-hydrogen) atoms. The lowest BCUT2D eigenvalue weighted by molar-refractivity contribution is 0.0777. The highest BCUT2D eigenvalue weighted by Gasteiger charge is 2.35. The van der Waals surface area contributed by atoms with Crippen molar-refractivity contribution in [1.29, 1.82) is 0 Å². The van der Waals surface area contributed by atoms with Crippen LogP contribution in [0.5, 0.6) is 0 Å². The molecule has 0 fully saturated rings. The summed E-state index contributed by atoms with van der Waals surface area (Å²) >= 11 is 12.7. The van der Waals surface area contributed by atoms with Crippen molar-refractivity contribution in [2.24, 2.45) is 0 Å². The van der Waals surface area contributed by atoms with Gasteiger partial charge in [-0.1, -0.05) is 42.3 Å². The Bertz CT molecular complexity index is 1030. The number of pyridine rings is 1. The summed E-state index contributed by atoms with van der Waals surface area (Å²) in [5.74, 6) is -0.454. The van der Waals surface area contributed by atoms with Crippen LogP contribution in [-0.4, -0.2) is 17.3 Å². The average molecular weight is 437 g/mol. The fraction of sp³-hybridized carbons (Fsp3) is 0.333. The largest absolute Gasteiger partial charge is 0.513 e. The molecular weight excluding hydrogens is 415 g/mol. The molecule has 1 aromatic carbocycles. The molecule has 2 heterocycles. The normalized spacial score (nSPS) is 15.6. The van der Waals surface area contributed by atoms with E-state index in [1.54, 1.807) is 42.8 Å². The predicted molar refractivity (Wildman–Crippen MR) is 114 cm³/mol. The number of hydrogen-bond donors (Lipinski definition) is 1. The maximum atomic E-state index is 13.3. The van der Waals surface area contributed by atoms with Gasteiger partial charge in [0, 0.05) is 18.4 Å². The van der Waals surface area contributed by atoms with Crippen molar-refractivity contribution in [3.05, 3.63) is 73.4 Å². The van der Waals surface area contributed by atoms with Gasteiger partial charge in [-0.2, -0.15) is 0 Å². The van der Waals surface area contributed by atoms with Crippen molar-refractivity contribution in [2.75, 3.05) is 11.9 Å². The highest BCUT2D eigenvalue weighted by atomic mass is 35.5. The van der Waals surface area contributed by atoms with Crippen LogP contribution in [0.4, 0.5) is 10.5 Å². The molecule has 154 valence electrons. The van der Waals surface area contributed by atoms with Crippen molar-refractivity contribution in [2.45, 2.75) is 39.7 Å². The smallest absolute Gasteiger partial charge is 0.434 e. The minimum absolute atomic E-state index is 0.168. The molecular formula is C21H22Cl2N2O4. The Morgan fingerprint density at radius 2 is 2.00 bits per heavy atom. The first kappa shape index (κ1) is 21.3. The number of fused-ring (bicyclic) bond motifs is 1. The summed E-state index contributed by atoms with van der Waals surface area (Å²) in [5.41, 5.74) is 2.05. The van der Waals surface area contributed by atoms with Gasteiger partial charge in [0.2, 0.25) is 0 Å². The Balaban J connectivity index is 2.25. The predicted octanol–water partition coefficient (Wildman–Crippen LogP) is 5.53. The minimum atomic E-state index is -0.847. The van der Waals surface area contributed by atoms with E-state index in [2.05, 4.69) is 5.32 Å². The zero-order valence-corrected chi connectivity index (χ0v) is 17.9. The highest BCUT2D eigenvalue weighted by molar-refractivity contribution is 6.42. The number of hydrogen-bond acceptors (Lipinski definition) is 5. The molecule has 0 aliphatic carbocycles. The molecule has 8 heteroatoms. The number of aryl methyl sites for hydroxylation is 1. The highest BCUT2D eigenvalue weighted by Crippen LogP contribution is 2.44. The Hall–Kier alpha value is -2.44. The van der Waals surface area contributed by atoms with Crippen molar-refractivity contribution in [3.63, 3.8) is 0 Å². The van der Waals surface area contributed by atoms with Crippen molar-refractivity contribution in [3.8, 4) is 0 Å². The van der Waals surface area contributed by atoms with Crippen LogP contribution in [0.3, 0.4) is 0 Å². The molecule has 0 amide bonds. The Morgan fingerprint density at radius 1 is 1.24 bits per heavy atom. The summed E-state index contributed by atoms with van der Waals surface area (Å²) in [6, 6.07) is 7.02. The van der Waals surface area contributed by atoms with Gasteiger partial charge in [0.15, 0.2) is 0 Å². The summed E-state index contributed by atoms with van der Waals surface area (Å²) in [7, 11) is 0. The number of benzene rings is 1. The number of halogens is 2. The topological polar surface area (TPSA) is 69.6 Å². The summed E-state index contributed by atoms with van der Waals surface area (Å²) in [6.07, 6.45) is 1.70. The fourth-order valence-corrected chi connectivity index (χ4v) is 3.84. The van der Waals surface area contributed by atoms with Crippen LogP contribution in [0, 0.1) is 0 Å². The van der Waals surface area contributed by atoms with Gasteiger partial charge in [-0.25, -0.2) is 4.79 Å². The maximum absolute atomic E-state index is 13.3. The number of allylic oxidation sites excluding steroid dienone is 2. The van der Waals surface area contributed by atoms with E-state index < -0.39 is 12.1 Å². The molecule has 0 radical (unpaired) electrons.